The van der Waals surface area contributed by atoms with Crippen LogP contribution in [-0.4, -0.2) is 23.6 Å². The van der Waals surface area contributed by atoms with Gasteiger partial charge in [-0.3, -0.25) is 4.79 Å². The third-order valence-electron chi connectivity index (χ3n) is 1.57. The molecule has 0 heterocycles. The van der Waals surface area contributed by atoms with Crippen LogP contribution in [0.3, 0.4) is 0 Å². The predicted octanol–water partition coefficient (Wildman–Crippen LogP) is -0.512. The Balaban J connectivity index is 1.97. The van der Waals surface area contributed by atoms with Crippen molar-refractivity contribution in [1.29, 1.82) is 0 Å². The van der Waals surface area contributed by atoms with Crippen molar-refractivity contribution in [3.05, 3.63) is 0 Å². The molecule has 4 N–H and O–H groups in total. The molecule has 0 bridgehead atoms. The van der Waals surface area contributed by atoms with Gasteiger partial charge in [-0.05, 0) is 25.1 Å². The first kappa shape index (κ1) is 9.25. The number of hydrogen-bond acceptors (Lipinski definition) is 2. The Morgan fingerprint density at radius 1 is 1.58 bits per heavy atom. The first-order chi connectivity index (χ1) is 5.68. The summed E-state index contributed by atoms with van der Waals surface area (Å²) < 4.78 is 0. The average molecular weight is 187 g/mol. The van der Waals surface area contributed by atoms with Crippen LogP contribution >= 0.6 is 12.2 Å². The number of thiocarbonyl (C=S) groups is 1. The number of carbonyl (C=O) groups is 1. The minimum atomic E-state index is -0.309. The van der Waals surface area contributed by atoms with Crippen LogP contribution in [0.2, 0.25) is 0 Å². The summed E-state index contributed by atoms with van der Waals surface area (Å²) in [4.78, 5) is 10.3. The van der Waals surface area contributed by atoms with Crippen molar-refractivity contribution in [1.82, 2.24) is 10.6 Å². The van der Waals surface area contributed by atoms with E-state index in [2.05, 4.69) is 10.6 Å². The summed E-state index contributed by atoms with van der Waals surface area (Å²) in [5.41, 5.74) is 4.95. The van der Waals surface area contributed by atoms with Gasteiger partial charge in [0.25, 0.3) is 0 Å². The lowest BCUT2D eigenvalue weighted by atomic mass is 10.4. The second-order valence-corrected chi connectivity index (χ2v) is 3.30. The van der Waals surface area contributed by atoms with E-state index in [4.69, 9.17) is 18.0 Å². The Morgan fingerprint density at radius 3 is 2.75 bits per heavy atom. The molecule has 4 nitrogen and oxygen atoms in total. The molecule has 0 unspecified atom stereocenters. The zero-order valence-electron chi connectivity index (χ0n) is 6.80. The van der Waals surface area contributed by atoms with Gasteiger partial charge in [-0.25, -0.2) is 0 Å². The lowest BCUT2D eigenvalue weighted by Gasteiger charge is -2.07. The van der Waals surface area contributed by atoms with Gasteiger partial charge in [-0.15, -0.1) is 0 Å². The van der Waals surface area contributed by atoms with Crippen LogP contribution < -0.4 is 16.4 Å². The predicted molar refractivity (Wildman–Crippen MR) is 50.6 cm³/mol. The SMILES string of the molecule is NC(=O)CCNC(=S)NC1CC1. The highest BCUT2D eigenvalue weighted by molar-refractivity contribution is 7.80. The molecule has 1 aliphatic carbocycles. The number of amides is 1. The highest BCUT2D eigenvalue weighted by Crippen LogP contribution is 2.18. The van der Waals surface area contributed by atoms with Gasteiger partial charge in [-0.1, -0.05) is 0 Å². The van der Waals surface area contributed by atoms with Gasteiger partial charge < -0.3 is 16.4 Å². The Hall–Kier alpha value is -0.840. The van der Waals surface area contributed by atoms with Crippen molar-refractivity contribution in [2.24, 2.45) is 5.73 Å². The van der Waals surface area contributed by atoms with Crippen molar-refractivity contribution >= 4 is 23.2 Å². The molecule has 1 fully saturated rings. The van der Waals surface area contributed by atoms with E-state index in [1.165, 1.54) is 12.8 Å². The van der Waals surface area contributed by atoms with Crippen molar-refractivity contribution < 1.29 is 4.79 Å². The van der Waals surface area contributed by atoms with Gasteiger partial charge >= 0.3 is 0 Å². The van der Waals surface area contributed by atoms with Crippen LogP contribution in [0.4, 0.5) is 0 Å². The highest BCUT2D eigenvalue weighted by atomic mass is 32.1. The number of nitrogens with two attached hydrogens (primary N) is 1. The van der Waals surface area contributed by atoms with E-state index in [0.29, 0.717) is 24.1 Å². The summed E-state index contributed by atoms with van der Waals surface area (Å²) in [6.07, 6.45) is 2.71. The fraction of sp³-hybridized carbons (Fsp3) is 0.714. The number of hydrogen-bond donors (Lipinski definition) is 3. The molecule has 0 aromatic rings. The number of rotatable bonds is 4. The molecule has 0 spiro atoms. The zero-order chi connectivity index (χ0) is 8.97. The molecule has 1 aliphatic rings. The maximum Gasteiger partial charge on any atom is 0.219 e. The van der Waals surface area contributed by atoms with Crippen molar-refractivity contribution in [2.45, 2.75) is 25.3 Å². The molecule has 0 saturated heterocycles. The normalized spacial score (nSPS) is 15.3. The Labute approximate surface area is 76.9 Å². The first-order valence-corrected chi connectivity index (χ1v) is 4.42. The summed E-state index contributed by atoms with van der Waals surface area (Å²) in [5.74, 6) is -0.309. The smallest absolute Gasteiger partial charge is 0.219 e. The van der Waals surface area contributed by atoms with Gasteiger partial charge in [0.15, 0.2) is 5.11 Å². The van der Waals surface area contributed by atoms with Gasteiger partial charge in [0.2, 0.25) is 5.91 Å². The fourth-order valence-corrected chi connectivity index (χ4v) is 1.03. The van der Waals surface area contributed by atoms with E-state index in [1.807, 2.05) is 0 Å². The molecule has 1 saturated carbocycles. The van der Waals surface area contributed by atoms with Crippen molar-refractivity contribution in [3.63, 3.8) is 0 Å². The standard InChI is InChI=1S/C7H13N3OS/c8-6(11)3-4-9-7(12)10-5-1-2-5/h5H,1-4H2,(H2,8,11)(H2,9,10,12). The lowest BCUT2D eigenvalue weighted by molar-refractivity contribution is -0.117. The maximum atomic E-state index is 10.3. The summed E-state index contributed by atoms with van der Waals surface area (Å²) in [6.45, 7) is 0.522. The summed E-state index contributed by atoms with van der Waals surface area (Å²) in [6, 6.07) is 0.554. The van der Waals surface area contributed by atoms with Crippen LogP contribution in [0.15, 0.2) is 0 Å². The molecule has 1 amide bonds. The zero-order valence-corrected chi connectivity index (χ0v) is 7.62. The van der Waals surface area contributed by atoms with Gasteiger partial charge in [0.1, 0.15) is 0 Å². The number of carbonyl (C=O) groups excluding carboxylic acids is 1. The van der Waals surface area contributed by atoms with Crippen molar-refractivity contribution in [3.8, 4) is 0 Å². The molecule has 0 aliphatic heterocycles. The van der Waals surface area contributed by atoms with Crippen molar-refractivity contribution in [2.75, 3.05) is 6.54 Å². The minimum Gasteiger partial charge on any atom is -0.370 e. The highest BCUT2D eigenvalue weighted by Gasteiger charge is 2.21. The Kier molecular flexibility index (Phi) is 3.28. The Morgan fingerprint density at radius 2 is 2.25 bits per heavy atom. The van der Waals surface area contributed by atoms with Crippen LogP contribution in [0.5, 0.6) is 0 Å². The molecule has 0 radical (unpaired) electrons. The topological polar surface area (TPSA) is 67.2 Å². The van der Waals surface area contributed by atoms with E-state index in [-0.39, 0.29) is 5.91 Å². The number of primary amides is 1. The maximum absolute atomic E-state index is 10.3. The summed E-state index contributed by atoms with van der Waals surface area (Å²) in [5, 5.41) is 6.62. The monoisotopic (exact) mass is 187 g/mol. The third-order valence-corrected chi connectivity index (χ3v) is 1.83. The second-order valence-electron chi connectivity index (χ2n) is 2.89. The quantitative estimate of drug-likeness (QED) is 0.518. The minimum absolute atomic E-state index is 0.309. The number of nitrogens with one attached hydrogen (secondary N) is 2. The van der Waals surface area contributed by atoms with Gasteiger partial charge in [-0.2, -0.15) is 0 Å². The fourth-order valence-electron chi connectivity index (χ4n) is 0.763. The second kappa shape index (κ2) is 4.25. The lowest BCUT2D eigenvalue weighted by Crippen LogP contribution is -2.38. The molecule has 12 heavy (non-hydrogen) atoms. The van der Waals surface area contributed by atoms with E-state index in [9.17, 15) is 4.79 Å². The van der Waals surface area contributed by atoms with E-state index < -0.39 is 0 Å². The van der Waals surface area contributed by atoms with Crippen LogP contribution in [-0.2, 0) is 4.79 Å². The molecule has 5 heteroatoms. The largest absolute Gasteiger partial charge is 0.370 e. The average Bonchev–Trinajstić information content (AvgIpc) is 2.70. The van der Waals surface area contributed by atoms with Crippen LogP contribution in [0, 0.1) is 0 Å². The molecule has 0 atom stereocenters. The summed E-state index contributed by atoms with van der Waals surface area (Å²) in [7, 11) is 0. The van der Waals surface area contributed by atoms with Crippen LogP contribution in [0.25, 0.3) is 0 Å². The summed E-state index contributed by atoms with van der Waals surface area (Å²) >= 11 is 4.95. The molecule has 1 rings (SSSR count). The molecule has 0 aromatic carbocycles. The Bertz CT molecular complexity index is 191. The first-order valence-electron chi connectivity index (χ1n) is 4.01. The van der Waals surface area contributed by atoms with E-state index in [1.54, 1.807) is 0 Å². The molecular formula is C7H13N3OS. The van der Waals surface area contributed by atoms with Crippen LogP contribution in [0.1, 0.15) is 19.3 Å². The molecule has 68 valence electrons. The van der Waals surface area contributed by atoms with E-state index >= 15 is 0 Å². The molecule has 0 aromatic heterocycles. The third kappa shape index (κ3) is 4.12. The molecular weight excluding hydrogens is 174 g/mol. The van der Waals surface area contributed by atoms with Gasteiger partial charge in [0, 0.05) is 19.0 Å². The van der Waals surface area contributed by atoms with E-state index in [0.717, 1.165) is 0 Å². The van der Waals surface area contributed by atoms with Gasteiger partial charge in [0.05, 0.1) is 0 Å².